The smallest absolute Gasteiger partial charge is 0.0113 e. The van der Waals surface area contributed by atoms with Gasteiger partial charge in [0.15, 0.2) is 0 Å². The first-order valence-electron chi connectivity index (χ1n) is 6.53. The van der Waals surface area contributed by atoms with Crippen LogP contribution in [-0.2, 0) is 0 Å². The molecule has 0 unspecified atom stereocenters. The minimum Gasteiger partial charge on any atom is -0.330 e. The summed E-state index contributed by atoms with van der Waals surface area (Å²) in [5, 5.41) is 0. The van der Waals surface area contributed by atoms with Crippen LogP contribution in [0.1, 0.15) is 33.1 Å². The second kappa shape index (κ2) is 5.99. The standard InChI is InChI=1S/C13H29N3/c1-13(2,11-14)7-10-16-8-5-12(6-9-16)15(3)4/h12H,5-11,14H2,1-4H3. The summed E-state index contributed by atoms with van der Waals surface area (Å²) >= 11 is 0. The van der Waals surface area contributed by atoms with Crippen LogP contribution < -0.4 is 5.73 Å². The molecule has 16 heavy (non-hydrogen) atoms. The molecule has 1 heterocycles. The Labute approximate surface area is 101 Å². The van der Waals surface area contributed by atoms with Gasteiger partial charge in [-0.1, -0.05) is 13.8 Å². The van der Waals surface area contributed by atoms with Crippen molar-refractivity contribution >= 4 is 0 Å². The molecule has 0 aromatic rings. The zero-order chi connectivity index (χ0) is 12.2. The minimum absolute atomic E-state index is 0.304. The van der Waals surface area contributed by atoms with E-state index in [1.807, 2.05) is 0 Å². The number of nitrogens with zero attached hydrogens (tertiary/aromatic N) is 2. The van der Waals surface area contributed by atoms with Crippen LogP contribution in [-0.4, -0.2) is 56.1 Å². The molecule has 1 fully saturated rings. The van der Waals surface area contributed by atoms with Gasteiger partial charge in [-0.15, -0.1) is 0 Å². The van der Waals surface area contributed by atoms with Crippen molar-refractivity contribution < 1.29 is 0 Å². The highest BCUT2D eigenvalue weighted by atomic mass is 15.2. The van der Waals surface area contributed by atoms with E-state index in [1.165, 1.54) is 38.9 Å². The summed E-state index contributed by atoms with van der Waals surface area (Å²) in [5.74, 6) is 0. The first-order valence-corrected chi connectivity index (χ1v) is 6.53. The van der Waals surface area contributed by atoms with Crippen LogP contribution in [0.5, 0.6) is 0 Å². The zero-order valence-corrected chi connectivity index (χ0v) is 11.5. The van der Waals surface area contributed by atoms with Gasteiger partial charge in [-0.05, 0) is 65.0 Å². The average Bonchev–Trinajstić information content (AvgIpc) is 2.27. The van der Waals surface area contributed by atoms with Gasteiger partial charge in [0.25, 0.3) is 0 Å². The topological polar surface area (TPSA) is 32.5 Å². The van der Waals surface area contributed by atoms with Crippen molar-refractivity contribution in [2.24, 2.45) is 11.1 Å². The molecular weight excluding hydrogens is 198 g/mol. The number of hydrogen-bond donors (Lipinski definition) is 1. The molecule has 0 aromatic heterocycles. The highest BCUT2D eigenvalue weighted by Gasteiger charge is 2.22. The molecule has 0 spiro atoms. The predicted molar refractivity (Wildman–Crippen MR) is 70.6 cm³/mol. The molecule has 0 aromatic carbocycles. The summed E-state index contributed by atoms with van der Waals surface area (Å²) in [6.07, 6.45) is 3.85. The Morgan fingerprint density at radius 2 is 1.81 bits per heavy atom. The van der Waals surface area contributed by atoms with E-state index in [2.05, 4.69) is 37.7 Å². The van der Waals surface area contributed by atoms with Gasteiger partial charge in [-0.3, -0.25) is 0 Å². The fourth-order valence-corrected chi connectivity index (χ4v) is 2.22. The van der Waals surface area contributed by atoms with E-state index in [1.54, 1.807) is 0 Å². The van der Waals surface area contributed by atoms with E-state index < -0.39 is 0 Å². The Bertz CT molecular complexity index is 193. The molecule has 0 atom stereocenters. The number of rotatable bonds is 5. The molecule has 96 valence electrons. The van der Waals surface area contributed by atoms with Crippen molar-refractivity contribution in [1.82, 2.24) is 9.80 Å². The molecular formula is C13H29N3. The summed E-state index contributed by atoms with van der Waals surface area (Å²) in [7, 11) is 4.38. The van der Waals surface area contributed by atoms with Crippen LogP contribution in [0.25, 0.3) is 0 Å². The van der Waals surface area contributed by atoms with Crippen LogP contribution in [0.4, 0.5) is 0 Å². The van der Waals surface area contributed by atoms with Crippen LogP contribution in [0.3, 0.4) is 0 Å². The van der Waals surface area contributed by atoms with E-state index in [4.69, 9.17) is 5.73 Å². The first-order chi connectivity index (χ1) is 7.44. The second-order valence-electron chi connectivity index (χ2n) is 6.15. The fraction of sp³-hybridized carbons (Fsp3) is 1.00. The predicted octanol–water partition coefficient (Wildman–Crippen LogP) is 1.39. The Morgan fingerprint density at radius 1 is 1.25 bits per heavy atom. The maximum absolute atomic E-state index is 5.76. The van der Waals surface area contributed by atoms with Gasteiger partial charge >= 0.3 is 0 Å². The lowest BCUT2D eigenvalue weighted by Gasteiger charge is -2.36. The van der Waals surface area contributed by atoms with E-state index in [0.717, 1.165) is 12.6 Å². The molecule has 2 N–H and O–H groups in total. The third-order valence-electron chi connectivity index (χ3n) is 3.94. The van der Waals surface area contributed by atoms with Crippen molar-refractivity contribution in [1.29, 1.82) is 0 Å². The second-order valence-corrected chi connectivity index (χ2v) is 6.15. The Morgan fingerprint density at radius 3 is 2.25 bits per heavy atom. The molecule has 0 amide bonds. The number of piperidine rings is 1. The lowest BCUT2D eigenvalue weighted by Crippen LogP contribution is -2.43. The number of likely N-dealkylation sites (tertiary alicyclic amines) is 1. The highest BCUT2D eigenvalue weighted by Crippen LogP contribution is 2.21. The summed E-state index contributed by atoms with van der Waals surface area (Å²) in [6, 6.07) is 0.791. The van der Waals surface area contributed by atoms with Gasteiger partial charge in [0.1, 0.15) is 0 Å². The molecule has 0 radical (unpaired) electrons. The lowest BCUT2D eigenvalue weighted by atomic mass is 9.89. The van der Waals surface area contributed by atoms with Gasteiger partial charge in [-0.2, -0.15) is 0 Å². The van der Waals surface area contributed by atoms with E-state index in [-0.39, 0.29) is 0 Å². The molecule has 3 heteroatoms. The van der Waals surface area contributed by atoms with E-state index in [9.17, 15) is 0 Å². The third kappa shape index (κ3) is 4.40. The average molecular weight is 227 g/mol. The largest absolute Gasteiger partial charge is 0.330 e. The van der Waals surface area contributed by atoms with Crippen LogP contribution in [0, 0.1) is 5.41 Å². The molecule has 1 rings (SSSR count). The molecule has 0 aliphatic carbocycles. The van der Waals surface area contributed by atoms with Gasteiger partial charge in [0.2, 0.25) is 0 Å². The van der Waals surface area contributed by atoms with E-state index in [0.29, 0.717) is 5.41 Å². The van der Waals surface area contributed by atoms with Crippen LogP contribution in [0.2, 0.25) is 0 Å². The maximum Gasteiger partial charge on any atom is 0.0113 e. The first kappa shape index (κ1) is 13.9. The Hall–Kier alpha value is -0.120. The summed E-state index contributed by atoms with van der Waals surface area (Å²) < 4.78 is 0. The van der Waals surface area contributed by atoms with Gasteiger partial charge in [0, 0.05) is 6.04 Å². The summed E-state index contributed by atoms with van der Waals surface area (Å²) in [6.45, 7) is 9.04. The van der Waals surface area contributed by atoms with Crippen molar-refractivity contribution in [2.75, 3.05) is 40.3 Å². The van der Waals surface area contributed by atoms with Crippen LogP contribution in [0.15, 0.2) is 0 Å². The maximum atomic E-state index is 5.76. The monoisotopic (exact) mass is 227 g/mol. The van der Waals surface area contributed by atoms with Crippen molar-refractivity contribution in [3.8, 4) is 0 Å². The number of nitrogens with two attached hydrogens (primary N) is 1. The zero-order valence-electron chi connectivity index (χ0n) is 11.5. The molecule has 3 nitrogen and oxygen atoms in total. The normalized spacial score (nSPS) is 20.6. The van der Waals surface area contributed by atoms with E-state index >= 15 is 0 Å². The quantitative estimate of drug-likeness (QED) is 0.770. The molecule has 1 saturated heterocycles. The van der Waals surface area contributed by atoms with Crippen molar-refractivity contribution in [2.45, 2.75) is 39.2 Å². The molecule has 1 aliphatic heterocycles. The summed E-state index contributed by atoms with van der Waals surface area (Å²) in [5.41, 5.74) is 6.06. The fourth-order valence-electron chi connectivity index (χ4n) is 2.22. The van der Waals surface area contributed by atoms with Crippen LogP contribution >= 0.6 is 0 Å². The Kier molecular flexibility index (Phi) is 5.22. The lowest BCUT2D eigenvalue weighted by molar-refractivity contribution is 0.131. The van der Waals surface area contributed by atoms with Crippen molar-refractivity contribution in [3.05, 3.63) is 0 Å². The molecule has 0 saturated carbocycles. The van der Waals surface area contributed by atoms with Gasteiger partial charge < -0.3 is 15.5 Å². The minimum atomic E-state index is 0.304. The van der Waals surface area contributed by atoms with Crippen molar-refractivity contribution in [3.63, 3.8) is 0 Å². The number of hydrogen-bond acceptors (Lipinski definition) is 3. The molecule has 0 bridgehead atoms. The van der Waals surface area contributed by atoms with Gasteiger partial charge in [0.05, 0.1) is 0 Å². The third-order valence-corrected chi connectivity index (χ3v) is 3.94. The van der Waals surface area contributed by atoms with Gasteiger partial charge in [-0.25, -0.2) is 0 Å². The Balaban J connectivity index is 2.22. The molecule has 1 aliphatic rings. The summed E-state index contributed by atoms with van der Waals surface area (Å²) in [4.78, 5) is 4.96. The SMILES string of the molecule is CN(C)C1CCN(CCC(C)(C)CN)CC1. The highest BCUT2D eigenvalue weighted by molar-refractivity contribution is 4.79.